The van der Waals surface area contributed by atoms with Crippen molar-refractivity contribution in [2.75, 3.05) is 0 Å². The fourth-order valence-corrected chi connectivity index (χ4v) is 3.64. The average molecular weight is 396 g/mol. The summed E-state index contributed by atoms with van der Waals surface area (Å²) in [6.07, 6.45) is 2.82. The number of nitrogens with zero attached hydrogens (tertiary/aromatic N) is 2. The first-order valence-corrected chi connectivity index (χ1v) is 10.0. The number of oxime groups is 1. The van der Waals surface area contributed by atoms with Crippen molar-refractivity contribution in [2.24, 2.45) is 12.2 Å². The Hall–Kier alpha value is -3.66. The van der Waals surface area contributed by atoms with Crippen LogP contribution in [0.25, 0.3) is 10.9 Å². The number of hydrogen-bond acceptors (Lipinski definition) is 3. The summed E-state index contributed by atoms with van der Waals surface area (Å²) in [6.45, 7) is 2.08. The van der Waals surface area contributed by atoms with Gasteiger partial charge in [-0.1, -0.05) is 78.0 Å². The lowest BCUT2D eigenvalue weighted by atomic mass is 9.98. The zero-order valence-corrected chi connectivity index (χ0v) is 17.2. The normalized spacial score (nSPS) is 11.6. The number of para-hydroxylation sites is 1. The van der Waals surface area contributed by atoms with Crippen LogP contribution in [0.3, 0.4) is 0 Å². The first-order chi connectivity index (χ1) is 14.6. The van der Waals surface area contributed by atoms with E-state index in [0.717, 1.165) is 33.3 Å². The molecule has 0 aliphatic carbocycles. The fourth-order valence-electron chi connectivity index (χ4n) is 3.64. The van der Waals surface area contributed by atoms with Crippen molar-refractivity contribution in [1.29, 1.82) is 0 Å². The lowest BCUT2D eigenvalue weighted by Gasteiger charge is -2.09. The Bertz CT molecular complexity index is 1210. The van der Waals surface area contributed by atoms with Crippen molar-refractivity contribution in [3.8, 4) is 0 Å². The van der Waals surface area contributed by atoms with Crippen molar-refractivity contribution in [1.82, 2.24) is 4.57 Å². The molecule has 4 aromatic rings. The zero-order chi connectivity index (χ0) is 20.9. The molecule has 30 heavy (non-hydrogen) atoms. The third kappa shape index (κ3) is 4.33. The molecule has 4 heteroatoms. The number of aromatic nitrogens is 1. The van der Waals surface area contributed by atoms with Gasteiger partial charge >= 0.3 is 5.97 Å². The molecule has 4 rings (SSSR count). The Morgan fingerprint density at radius 3 is 2.40 bits per heavy atom. The molecule has 0 unspecified atom stereocenters. The Kier molecular flexibility index (Phi) is 5.75. The third-order valence-electron chi connectivity index (χ3n) is 5.28. The third-order valence-corrected chi connectivity index (χ3v) is 5.28. The molecule has 0 fully saturated rings. The Balaban J connectivity index is 1.67. The summed E-state index contributed by atoms with van der Waals surface area (Å²) in [6, 6.07) is 25.9. The van der Waals surface area contributed by atoms with Gasteiger partial charge in [0.25, 0.3) is 0 Å². The summed E-state index contributed by atoms with van der Waals surface area (Å²) in [4.78, 5) is 17.8. The standard InChI is InChI=1S/C26H24N2O2/c1-19-10-6-7-13-21(19)17-24(23-18-28(2)25-15-9-8-14-22(23)25)27-30-26(29)16-20-11-4-3-5-12-20/h3-15,18H,16-17H2,1-2H3/b27-24+. The molecule has 0 atom stereocenters. The number of benzene rings is 3. The van der Waals surface area contributed by atoms with E-state index in [-0.39, 0.29) is 12.4 Å². The number of carbonyl (C=O) groups is 1. The molecule has 4 nitrogen and oxygen atoms in total. The van der Waals surface area contributed by atoms with Gasteiger partial charge in [-0.15, -0.1) is 0 Å². The maximum absolute atomic E-state index is 12.4. The second kappa shape index (κ2) is 8.78. The van der Waals surface area contributed by atoms with Crippen molar-refractivity contribution >= 4 is 22.6 Å². The van der Waals surface area contributed by atoms with Crippen LogP contribution in [0, 0.1) is 6.92 Å². The molecule has 0 N–H and O–H groups in total. The summed E-state index contributed by atoms with van der Waals surface area (Å²) < 4.78 is 2.07. The lowest BCUT2D eigenvalue weighted by Crippen LogP contribution is -2.11. The lowest BCUT2D eigenvalue weighted by molar-refractivity contribution is -0.142. The number of aryl methyl sites for hydroxylation is 2. The summed E-state index contributed by atoms with van der Waals surface area (Å²) in [5.74, 6) is -0.372. The molecule has 0 radical (unpaired) electrons. The minimum atomic E-state index is -0.372. The van der Waals surface area contributed by atoms with Crippen LogP contribution < -0.4 is 0 Å². The molecular formula is C26H24N2O2. The Labute approximate surface area is 176 Å². The van der Waals surface area contributed by atoms with Gasteiger partial charge in [0.1, 0.15) is 0 Å². The monoisotopic (exact) mass is 396 g/mol. The van der Waals surface area contributed by atoms with E-state index in [0.29, 0.717) is 6.42 Å². The van der Waals surface area contributed by atoms with Crippen molar-refractivity contribution < 1.29 is 9.63 Å². The minimum Gasteiger partial charge on any atom is -0.350 e. The van der Waals surface area contributed by atoms with Crippen molar-refractivity contribution in [3.05, 3.63) is 107 Å². The molecular weight excluding hydrogens is 372 g/mol. The van der Waals surface area contributed by atoms with Gasteiger partial charge in [0.05, 0.1) is 12.1 Å². The van der Waals surface area contributed by atoms with Gasteiger partial charge in [-0.05, 0) is 29.7 Å². The van der Waals surface area contributed by atoms with E-state index in [1.165, 1.54) is 5.56 Å². The van der Waals surface area contributed by atoms with E-state index in [2.05, 4.69) is 40.9 Å². The second-order valence-corrected chi connectivity index (χ2v) is 7.44. The molecule has 1 heterocycles. The number of hydrogen-bond donors (Lipinski definition) is 0. The van der Waals surface area contributed by atoms with Gasteiger partial charge < -0.3 is 9.40 Å². The van der Waals surface area contributed by atoms with Crippen LogP contribution in [0.1, 0.15) is 22.3 Å². The summed E-state index contributed by atoms with van der Waals surface area (Å²) in [5.41, 5.74) is 6.07. The first-order valence-electron chi connectivity index (χ1n) is 10.0. The maximum Gasteiger partial charge on any atom is 0.339 e. The van der Waals surface area contributed by atoms with Crippen molar-refractivity contribution in [3.63, 3.8) is 0 Å². The van der Waals surface area contributed by atoms with E-state index in [9.17, 15) is 4.79 Å². The van der Waals surface area contributed by atoms with E-state index < -0.39 is 0 Å². The zero-order valence-electron chi connectivity index (χ0n) is 17.2. The predicted octanol–water partition coefficient (Wildman–Crippen LogP) is 5.22. The molecule has 1 aromatic heterocycles. The molecule has 0 saturated heterocycles. The molecule has 0 aliphatic rings. The highest BCUT2D eigenvalue weighted by atomic mass is 16.7. The topological polar surface area (TPSA) is 43.6 Å². The molecule has 3 aromatic carbocycles. The summed E-state index contributed by atoms with van der Waals surface area (Å²) in [7, 11) is 2.01. The van der Waals surface area contributed by atoms with E-state index in [4.69, 9.17) is 4.84 Å². The molecule has 0 bridgehead atoms. The van der Waals surface area contributed by atoms with Gasteiger partial charge in [-0.3, -0.25) is 0 Å². The second-order valence-electron chi connectivity index (χ2n) is 7.44. The maximum atomic E-state index is 12.4. The highest BCUT2D eigenvalue weighted by Gasteiger charge is 2.15. The van der Waals surface area contributed by atoms with Crippen LogP contribution in [-0.4, -0.2) is 16.2 Å². The van der Waals surface area contributed by atoms with Gasteiger partial charge in [0.15, 0.2) is 0 Å². The number of rotatable bonds is 6. The smallest absolute Gasteiger partial charge is 0.339 e. The van der Waals surface area contributed by atoms with Crippen molar-refractivity contribution in [2.45, 2.75) is 19.8 Å². The highest BCUT2D eigenvalue weighted by molar-refractivity contribution is 6.11. The number of fused-ring (bicyclic) bond motifs is 1. The summed E-state index contributed by atoms with van der Waals surface area (Å²) >= 11 is 0. The quantitative estimate of drug-likeness (QED) is 0.255. The largest absolute Gasteiger partial charge is 0.350 e. The predicted molar refractivity (Wildman–Crippen MR) is 121 cm³/mol. The molecule has 0 saturated carbocycles. The SMILES string of the molecule is Cc1ccccc1C/C(=N\OC(=O)Cc1ccccc1)c1cn(C)c2ccccc12. The van der Waals surface area contributed by atoms with Crippen LogP contribution in [0.15, 0.2) is 90.2 Å². The average Bonchev–Trinajstić information content (AvgIpc) is 3.10. The minimum absolute atomic E-state index is 0.192. The molecule has 0 amide bonds. The number of carbonyl (C=O) groups excluding carboxylic acids is 1. The highest BCUT2D eigenvalue weighted by Crippen LogP contribution is 2.23. The van der Waals surface area contributed by atoms with Crippen LogP contribution in [0.4, 0.5) is 0 Å². The van der Waals surface area contributed by atoms with Gasteiger partial charge in [-0.25, -0.2) is 4.79 Å². The van der Waals surface area contributed by atoms with E-state index in [1.54, 1.807) is 0 Å². The van der Waals surface area contributed by atoms with Gasteiger partial charge in [0.2, 0.25) is 0 Å². The van der Waals surface area contributed by atoms with E-state index >= 15 is 0 Å². The first kappa shape index (κ1) is 19.6. The molecule has 0 spiro atoms. The van der Waals surface area contributed by atoms with Crippen LogP contribution in [0.2, 0.25) is 0 Å². The molecule has 0 aliphatic heterocycles. The molecule has 150 valence electrons. The van der Waals surface area contributed by atoms with Crippen LogP contribution in [0.5, 0.6) is 0 Å². The fraction of sp³-hybridized carbons (Fsp3) is 0.154. The van der Waals surface area contributed by atoms with E-state index in [1.807, 2.05) is 67.8 Å². The van der Waals surface area contributed by atoms with Crippen LogP contribution >= 0.6 is 0 Å². The summed E-state index contributed by atoms with van der Waals surface area (Å²) in [5, 5.41) is 5.43. The Morgan fingerprint density at radius 1 is 0.900 bits per heavy atom. The van der Waals surface area contributed by atoms with Gasteiger partial charge in [0, 0.05) is 36.1 Å². The van der Waals surface area contributed by atoms with Crippen LogP contribution in [-0.2, 0) is 29.5 Å². The Morgan fingerprint density at radius 2 is 1.60 bits per heavy atom. The van der Waals surface area contributed by atoms with Gasteiger partial charge in [-0.2, -0.15) is 0 Å².